The van der Waals surface area contributed by atoms with Gasteiger partial charge in [0.2, 0.25) is 0 Å². The molecule has 6 heteroatoms. The highest BCUT2D eigenvalue weighted by Crippen LogP contribution is 2.45. The molecule has 0 heterocycles. The molecular weight excluding hydrogens is 192 g/mol. The summed E-state index contributed by atoms with van der Waals surface area (Å²) in [6.07, 6.45) is -7.87. The topological polar surface area (TPSA) is 121 Å². The predicted molar refractivity (Wildman–Crippen MR) is 43.0 cm³/mol. The lowest BCUT2D eigenvalue weighted by Gasteiger charge is -2.56. The van der Waals surface area contributed by atoms with Gasteiger partial charge < -0.3 is 30.6 Å². The minimum Gasteiger partial charge on any atom is -0.390 e. The van der Waals surface area contributed by atoms with E-state index in [0.29, 0.717) is 0 Å². The quantitative estimate of drug-likeness (QED) is 0.244. The fourth-order valence-corrected chi connectivity index (χ4v) is 2.48. The molecule has 6 nitrogen and oxygen atoms in total. The zero-order valence-electron chi connectivity index (χ0n) is 7.30. The lowest BCUT2D eigenvalue weighted by atomic mass is 9.57. The van der Waals surface area contributed by atoms with Gasteiger partial charge in [-0.25, -0.2) is 0 Å². The monoisotopic (exact) mass is 206 g/mol. The number of fused-ring (bicyclic) bond motifs is 1. The smallest absolute Gasteiger partial charge is 0.109 e. The largest absolute Gasteiger partial charge is 0.390 e. The molecule has 0 aromatic heterocycles. The lowest BCUT2D eigenvalue weighted by molar-refractivity contribution is -0.284. The van der Waals surface area contributed by atoms with Crippen LogP contribution in [0.3, 0.4) is 0 Å². The van der Waals surface area contributed by atoms with Crippen molar-refractivity contribution < 1.29 is 30.6 Å². The summed E-state index contributed by atoms with van der Waals surface area (Å²) < 4.78 is 0. The van der Waals surface area contributed by atoms with Crippen molar-refractivity contribution in [3.8, 4) is 0 Å². The van der Waals surface area contributed by atoms with Crippen molar-refractivity contribution in [1.29, 1.82) is 0 Å². The summed E-state index contributed by atoms with van der Waals surface area (Å²) in [6, 6.07) is 0. The summed E-state index contributed by atoms with van der Waals surface area (Å²) in [7, 11) is 0. The summed E-state index contributed by atoms with van der Waals surface area (Å²) in [6.45, 7) is 0. The van der Waals surface area contributed by atoms with Crippen LogP contribution in [-0.2, 0) is 0 Å². The Bertz CT molecular complexity index is 210. The molecule has 8 atom stereocenters. The maximum absolute atomic E-state index is 9.45. The number of hydrogen-bond donors (Lipinski definition) is 6. The molecule has 0 saturated heterocycles. The fourth-order valence-electron chi connectivity index (χ4n) is 2.48. The Morgan fingerprint density at radius 3 is 0.857 bits per heavy atom. The lowest BCUT2D eigenvalue weighted by Crippen LogP contribution is -2.72. The van der Waals surface area contributed by atoms with Crippen molar-refractivity contribution in [3.05, 3.63) is 0 Å². The van der Waals surface area contributed by atoms with Gasteiger partial charge in [-0.3, -0.25) is 0 Å². The summed E-state index contributed by atoms with van der Waals surface area (Å²) in [5.74, 6) is -1.53. The highest BCUT2D eigenvalue weighted by atomic mass is 16.4. The number of rotatable bonds is 0. The standard InChI is InChI=1S/C8H14O6/c9-3-1-2(4(3)10)6(12)8(14)7(13)5(1)11/h1-14H/t1?,2?,3-,4-,5-,6+,7-,8+/m1/s1. The van der Waals surface area contributed by atoms with Crippen molar-refractivity contribution >= 4 is 0 Å². The molecule has 2 unspecified atom stereocenters. The summed E-state index contributed by atoms with van der Waals surface area (Å²) in [5.41, 5.74) is 0. The molecule has 2 fully saturated rings. The van der Waals surface area contributed by atoms with Gasteiger partial charge >= 0.3 is 0 Å². The number of aliphatic hydroxyl groups is 6. The van der Waals surface area contributed by atoms with Crippen LogP contribution in [0.25, 0.3) is 0 Å². The third kappa shape index (κ3) is 1.06. The van der Waals surface area contributed by atoms with Gasteiger partial charge in [0.25, 0.3) is 0 Å². The van der Waals surface area contributed by atoms with Gasteiger partial charge in [0.1, 0.15) is 12.2 Å². The van der Waals surface area contributed by atoms with E-state index < -0.39 is 48.5 Å². The van der Waals surface area contributed by atoms with Crippen LogP contribution < -0.4 is 0 Å². The summed E-state index contributed by atoms with van der Waals surface area (Å²) in [4.78, 5) is 0. The molecule has 0 spiro atoms. The van der Waals surface area contributed by atoms with E-state index in [1.807, 2.05) is 0 Å². The summed E-state index contributed by atoms with van der Waals surface area (Å²) in [5, 5.41) is 56.1. The van der Waals surface area contributed by atoms with Crippen molar-refractivity contribution in [1.82, 2.24) is 0 Å². The molecule has 0 radical (unpaired) electrons. The molecule has 2 saturated carbocycles. The van der Waals surface area contributed by atoms with Gasteiger partial charge in [-0.05, 0) is 0 Å². The Balaban J connectivity index is 2.21. The molecule has 0 aromatic rings. The first kappa shape index (κ1) is 10.3. The fraction of sp³-hybridized carbons (Fsp3) is 1.00. The van der Waals surface area contributed by atoms with E-state index in [-0.39, 0.29) is 0 Å². The van der Waals surface area contributed by atoms with Crippen LogP contribution in [0.4, 0.5) is 0 Å². The first-order valence-electron chi connectivity index (χ1n) is 4.55. The Morgan fingerprint density at radius 1 is 0.357 bits per heavy atom. The molecule has 14 heavy (non-hydrogen) atoms. The van der Waals surface area contributed by atoms with Crippen LogP contribution in [0.1, 0.15) is 0 Å². The maximum Gasteiger partial charge on any atom is 0.109 e. The SMILES string of the molecule is O[C@@H]1[C@H](O)[C@H](O)C2C([C@@H](O)[C@@H]2O)[C@@H]1O. The maximum atomic E-state index is 9.45. The highest BCUT2D eigenvalue weighted by molar-refractivity contribution is 5.11. The molecule has 6 N–H and O–H groups in total. The molecular formula is C8H14O6. The van der Waals surface area contributed by atoms with Crippen molar-refractivity contribution in [2.24, 2.45) is 11.8 Å². The molecule has 0 bridgehead atoms. The molecule has 2 aliphatic rings. The first-order chi connectivity index (χ1) is 6.46. The van der Waals surface area contributed by atoms with E-state index in [1.165, 1.54) is 0 Å². The Labute approximate surface area is 80.0 Å². The van der Waals surface area contributed by atoms with Gasteiger partial charge in [0.15, 0.2) is 0 Å². The van der Waals surface area contributed by atoms with Gasteiger partial charge in [-0.1, -0.05) is 0 Å². The third-order valence-corrected chi connectivity index (χ3v) is 3.42. The average molecular weight is 206 g/mol. The molecule has 0 aliphatic heterocycles. The Kier molecular flexibility index (Phi) is 2.30. The zero-order chi connectivity index (χ0) is 10.6. The Morgan fingerprint density at radius 2 is 0.571 bits per heavy atom. The summed E-state index contributed by atoms with van der Waals surface area (Å²) >= 11 is 0. The zero-order valence-corrected chi connectivity index (χ0v) is 7.30. The van der Waals surface area contributed by atoms with E-state index in [0.717, 1.165) is 0 Å². The van der Waals surface area contributed by atoms with Gasteiger partial charge in [-0.15, -0.1) is 0 Å². The van der Waals surface area contributed by atoms with Crippen molar-refractivity contribution in [3.63, 3.8) is 0 Å². The molecule has 82 valence electrons. The van der Waals surface area contributed by atoms with Gasteiger partial charge in [0, 0.05) is 11.8 Å². The Hall–Kier alpha value is -0.240. The van der Waals surface area contributed by atoms with Crippen LogP contribution in [-0.4, -0.2) is 67.3 Å². The number of aliphatic hydroxyl groups excluding tert-OH is 6. The van der Waals surface area contributed by atoms with Crippen molar-refractivity contribution in [2.45, 2.75) is 36.6 Å². The van der Waals surface area contributed by atoms with Crippen LogP contribution in [0.15, 0.2) is 0 Å². The molecule has 2 rings (SSSR count). The first-order valence-corrected chi connectivity index (χ1v) is 4.55. The molecule has 2 aliphatic carbocycles. The van der Waals surface area contributed by atoms with E-state index in [9.17, 15) is 30.6 Å². The van der Waals surface area contributed by atoms with Gasteiger partial charge in [-0.2, -0.15) is 0 Å². The van der Waals surface area contributed by atoms with E-state index in [1.54, 1.807) is 0 Å². The third-order valence-electron chi connectivity index (χ3n) is 3.42. The van der Waals surface area contributed by atoms with Crippen LogP contribution >= 0.6 is 0 Å². The minimum atomic E-state index is -1.48. The van der Waals surface area contributed by atoms with Crippen LogP contribution in [0.5, 0.6) is 0 Å². The molecule has 0 amide bonds. The number of hydrogen-bond acceptors (Lipinski definition) is 6. The second-order valence-electron chi connectivity index (χ2n) is 4.10. The van der Waals surface area contributed by atoms with E-state index >= 15 is 0 Å². The van der Waals surface area contributed by atoms with Gasteiger partial charge in [0.05, 0.1) is 24.4 Å². The van der Waals surface area contributed by atoms with Crippen molar-refractivity contribution in [2.75, 3.05) is 0 Å². The average Bonchev–Trinajstić information content (AvgIpc) is 2.18. The van der Waals surface area contributed by atoms with E-state index in [4.69, 9.17) is 0 Å². The predicted octanol–water partition coefficient (Wildman–Crippen LogP) is -3.59. The minimum absolute atomic E-state index is 0.765. The normalized spacial score (nSPS) is 63.0. The second kappa shape index (κ2) is 3.13. The second-order valence-corrected chi connectivity index (χ2v) is 4.10. The highest BCUT2D eigenvalue weighted by Gasteiger charge is 2.62. The van der Waals surface area contributed by atoms with Crippen LogP contribution in [0, 0.1) is 11.8 Å². The molecule has 0 aromatic carbocycles. The van der Waals surface area contributed by atoms with E-state index in [2.05, 4.69) is 0 Å². The van der Waals surface area contributed by atoms with Crippen LogP contribution in [0.2, 0.25) is 0 Å².